The first-order valence-electron chi connectivity index (χ1n) is 6.09. The fraction of sp³-hybridized carbons (Fsp3) is 0.308. The lowest BCUT2D eigenvalue weighted by atomic mass is 9.97. The van der Waals surface area contributed by atoms with Crippen LogP contribution in [-0.2, 0) is 20.7 Å². The summed E-state index contributed by atoms with van der Waals surface area (Å²) in [5.41, 5.74) is -1.24. The Balaban J connectivity index is 2.19. The minimum Gasteiger partial charge on any atom is -0.467 e. The molecule has 1 amide bonds. The Morgan fingerprint density at radius 2 is 2.24 bits per heavy atom. The molecule has 1 aliphatic heterocycles. The smallest absolute Gasteiger partial charge is 0.431 e. The predicted molar refractivity (Wildman–Crippen MR) is 72.0 cm³/mol. The summed E-state index contributed by atoms with van der Waals surface area (Å²) in [5.74, 6) is -0.659. The van der Waals surface area contributed by atoms with Crippen LogP contribution in [-0.4, -0.2) is 46.3 Å². The molecule has 3 rings (SSSR count). The van der Waals surface area contributed by atoms with Gasteiger partial charge in [0.2, 0.25) is 11.3 Å². The molecule has 1 aromatic carbocycles. The molecular formula is C13H11ClN2O5. The summed E-state index contributed by atoms with van der Waals surface area (Å²) in [6, 6.07) is 7.15. The Morgan fingerprint density at radius 1 is 1.52 bits per heavy atom. The standard InChI is InChI=1S/C13H11ClN2O5/c1-20-10(17)13-6-7-4-2-3-5-8(7)9(13)15-16(12(18)19)11(14)21-13/h2-5,11H,6H2,1H3,(H,18,19). The van der Waals surface area contributed by atoms with E-state index in [9.17, 15) is 9.59 Å². The van der Waals surface area contributed by atoms with Gasteiger partial charge < -0.3 is 14.6 Å². The number of carbonyl (C=O) groups excluding carboxylic acids is 1. The van der Waals surface area contributed by atoms with Crippen LogP contribution in [0.1, 0.15) is 11.1 Å². The van der Waals surface area contributed by atoms with Crippen molar-refractivity contribution in [3.8, 4) is 0 Å². The van der Waals surface area contributed by atoms with E-state index in [0.717, 1.165) is 5.56 Å². The molecule has 0 saturated heterocycles. The molecule has 0 saturated carbocycles. The number of halogens is 1. The van der Waals surface area contributed by atoms with Gasteiger partial charge in [0.25, 0.3) is 0 Å². The molecule has 1 heterocycles. The number of carboxylic acid groups (broad SMARTS) is 1. The van der Waals surface area contributed by atoms with Crippen LogP contribution in [0.2, 0.25) is 0 Å². The average molecular weight is 311 g/mol. The van der Waals surface area contributed by atoms with E-state index in [1.165, 1.54) is 7.11 Å². The largest absolute Gasteiger partial charge is 0.467 e. The first kappa shape index (κ1) is 13.8. The number of fused-ring (bicyclic) bond motifs is 3. The van der Waals surface area contributed by atoms with E-state index in [0.29, 0.717) is 10.6 Å². The molecule has 7 nitrogen and oxygen atoms in total. The first-order valence-corrected chi connectivity index (χ1v) is 6.53. The summed E-state index contributed by atoms with van der Waals surface area (Å²) < 4.78 is 10.3. The van der Waals surface area contributed by atoms with Gasteiger partial charge in [-0.2, -0.15) is 10.1 Å². The van der Waals surface area contributed by atoms with Crippen molar-refractivity contribution in [3.63, 3.8) is 0 Å². The SMILES string of the molecule is COC(=O)C12Cc3ccccc3C1=NN(C(=O)O)C(Cl)O2. The summed E-state index contributed by atoms with van der Waals surface area (Å²) in [7, 11) is 1.23. The lowest BCUT2D eigenvalue weighted by Gasteiger charge is -2.36. The van der Waals surface area contributed by atoms with Gasteiger partial charge in [-0.1, -0.05) is 35.9 Å². The van der Waals surface area contributed by atoms with Gasteiger partial charge in [-0.25, -0.2) is 9.59 Å². The van der Waals surface area contributed by atoms with Gasteiger partial charge in [-0.15, -0.1) is 0 Å². The molecule has 21 heavy (non-hydrogen) atoms. The molecule has 8 heteroatoms. The monoisotopic (exact) mass is 310 g/mol. The second-order valence-corrected chi connectivity index (χ2v) is 5.01. The van der Waals surface area contributed by atoms with Gasteiger partial charge in [0.15, 0.2) is 0 Å². The number of hydrogen-bond donors (Lipinski definition) is 1. The van der Waals surface area contributed by atoms with Gasteiger partial charge in [-0.3, -0.25) is 0 Å². The number of carbonyl (C=O) groups is 2. The Labute approximate surface area is 124 Å². The number of hydrogen-bond acceptors (Lipinski definition) is 5. The average Bonchev–Trinajstić information content (AvgIpc) is 2.79. The van der Waals surface area contributed by atoms with Gasteiger partial charge in [0.05, 0.1) is 7.11 Å². The number of nitrogens with zero attached hydrogens (tertiary/aromatic N) is 2. The number of hydrazone groups is 1. The van der Waals surface area contributed by atoms with Crippen molar-refractivity contribution in [2.75, 3.05) is 7.11 Å². The van der Waals surface area contributed by atoms with E-state index in [1.54, 1.807) is 12.1 Å². The maximum atomic E-state index is 12.2. The molecule has 1 aromatic rings. The summed E-state index contributed by atoms with van der Waals surface area (Å²) in [6.45, 7) is 0. The molecule has 0 spiro atoms. The lowest BCUT2D eigenvalue weighted by Crippen LogP contribution is -2.57. The number of esters is 1. The molecule has 0 aromatic heterocycles. The fourth-order valence-electron chi connectivity index (χ4n) is 2.59. The van der Waals surface area contributed by atoms with Gasteiger partial charge in [0.1, 0.15) is 5.71 Å². The summed E-state index contributed by atoms with van der Waals surface area (Å²) in [6.07, 6.45) is -1.17. The van der Waals surface area contributed by atoms with Crippen molar-refractivity contribution in [3.05, 3.63) is 35.4 Å². The zero-order chi connectivity index (χ0) is 15.2. The second-order valence-electron chi connectivity index (χ2n) is 4.64. The van der Waals surface area contributed by atoms with Crippen LogP contribution >= 0.6 is 11.6 Å². The van der Waals surface area contributed by atoms with Crippen LogP contribution in [0.4, 0.5) is 4.79 Å². The molecule has 0 fully saturated rings. The highest BCUT2D eigenvalue weighted by atomic mass is 35.5. The molecule has 2 atom stereocenters. The van der Waals surface area contributed by atoms with Crippen molar-refractivity contribution in [1.82, 2.24) is 5.01 Å². The topological polar surface area (TPSA) is 88.4 Å². The third-order valence-electron chi connectivity index (χ3n) is 3.50. The van der Waals surface area contributed by atoms with Crippen LogP contribution in [0.5, 0.6) is 0 Å². The first-order chi connectivity index (χ1) is 9.99. The number of ether oxygens (including phenoxy) is 2. The van der Waals surface area contributed by atoms with Crippen LogP contribution in [0, 0.1) is 0 Å². The zero-order valence-corrected chi connectivity index (χ0v) is 11.7. The molecule has 0 radical (unpaired) electrons. The van der Waals surface area contributed by atoms with E-state index in [1.807, 2.05) is 12.1 Å². The molecule has 2 unspecified atom stereocenters. The van der Waals surface area contributed by atoms with E-state index >= 15 is 0 Å². The summed E-state index contributed by atoms with van der Waals surface area (Å²) in [4.78, 5) is 23.4. The highest BCUT2D eigenvalue weighted by molar-refractivity contribution is 6.25. The van der Waals surface area contributed by atoms with Gasteiger partial charge in [0, 0.05) is 12.0 Å². The minimum absolute atomic E-state index is 0.198. The van der Waals surface area contributed by atoms with Crippen molar-refractivity contribution in [2.24, 2.45) is 5.10 Å². The highest BCUT2D eigenvalue weighted by Gasteiger charge is 2.57. The van der Waals surface area contributed by atoms with Crippen LogP contribution in [0.3, 0.4) is 0 Å². The van der Waals surface area contributed by atoms with Gasteiger partial charge >= 0.3 is 12.1 Å². The van der Waals surface area contributed by atoms with Crippen molar-refractivity contribution >= 4 is 29.4 Å². The molecule has 2 aliphatic rings. The Bertz CT molecular complexity index is 662. The number of rotatable bonds is 1. The van der Waals surface area contributed by atoms with Crippen molar-refractivity contribution < 1.29 is 24.2 Å². The normalized spacial score (nSPS) is 26.7. The van der Waals surface area contributed by atoms with Crippen LogP contribution < -0.4 is 0 Å². The fourth-order valence-corrected chi connectivity index (χ4v) is 2.87. The molecule has 1 N–H and O–H groups in total. The van der Waals surface area contributed by atoms with E-state index in [2.05, 4.69) is 5.10 Å². The second kappa shape index (κ2) is 4.71. The predicted octanol–water partition coefficient (Wildman–Crippen LogP) is 1.39. The molecule has 110 valence electrons. The summed E-state index contributed by atoms with van der Waals surface area (Å²) >= 11 is 5.89. The van der Waals surface area contributed by atoms with E-state index < -0.39 is 23.4 Å². The Morgan fingerprint density at radius 3 is 2.90 bits per heavy atom. The Hall–Kier alpha value is -2.12. The number of benzene rings is 1. The van der Waals surface area contributed by atoms with Crippen LogP contribution in [0.25, 0.3) is 0 Å². The van der Waals surface area contributed by atoms with Gasteiger partial charge in [-0.05, 0) is 5.56 Å². The van der Waals surface area contributed by atoms with E-state index in [4.69, 9.17) is 26.2 Å². The zero-order valence-electron chi connectivity index (χ0n) is 10.9. The summed E-state index contributed by atoms with van der Waals surface area (Å²) in [5, 5.41) is 13.7. The minimum atomic E-state index is -1.50. The molecule has 1 aliphatic carbocycles. The lowest BCUT2D eigenvalue weighted by molar-refractivity contribution is -0.170. The van der Waals surface area contributed by atoms with Crippen LogP contribution in [0.15, 0.2) is 29.4 Å². The molecule has 0 bridgehead atoms. The Kier molecular flexibility index (Phi) is 3.11. The van der Waals surface area contributed by atoms with Crippen molar-refractivity contribution in [2.45, 2.75) is 17.7 Å². The third kappa shape index (κ3) is 1.89. The highest BCUT2D eigenvalue weighted by Crippen LogP contribution is 2.39. The third-order valence-corrected chi connectivity index (χ3v) is 3.78. The maximum Gasteiger partial charge on any atom is 0.431 e. The number of methoxy groups -OCH3 is 1. The number of alkyl halides is 1. The maximum absolute atomic E-state index is 12.2. The quantitative estimate of drug-likeness (QED) is 0.481. The number of amides is 1. The molecular weight excluding hydrogens is 300 g/mol. The van der Waals surface area contributed by atoms with Crippen molar-refractivity contribution in [1.29, 1.82) is 0 Å². The van der Waals surface area contributed by atoms with E-state index in [-0.39, 0.29) is 12.1 Å².